The lowest BCUT2D eigenvalue weighted by molar-refractivity contribution is -0.143. The van der Waals surface area contributed by atoms with Gasteiger partial charge in [-0.25, -0.2) is 0 Å². The van der Waals surface area contributed by atoms with E-state index >= 15 is 0 Å². The smallest absolute Gasteiger partial charge is 0.323 e. The quantitative estimate of drug-likeness (QED) is 0.582. The van der Waals surface area contributed by atoms with Crippen molar-refractivity contribution >= 4 is 5.97 Å². The topological polar surface area (TPSA) is 73.9 Å². The Morgan fingerprint density at radius 3 is 2.42 bits per heavy atom. The molecule has 0 rings (SSSR count). The van der Waals surface area contributed by atoms with Crippen LogP contribution in [0, 0.1) is 34.5 Å². The van der Waals surface area contributed by atoms with E-state index in [-0.39, 0.29) is 12.3 Å². The molecule has 0 saturated carbocycles. The summed E-state index contributed by atoms with van der Waals surface area (Å²) < 4.78 is 4.38. The van der Waals surface area contributed by atoms with Gasteiger partial charge < -0.3 is 4.74 Å². The highest BCUT2D eigenvalue weighted by Gasteiger charge is 2.20. The minimum atomic E-state index is -0.815. The van der Waals surface area contributed by atoms with Gasteiger partial charge in [0.2, 0.25) is 0 Å². The van der Waals surface area contributed by atoms with Gasteiger partial charge in [0.15, 0.2) is 0 Å². The summed E-state index contributed by atoms with van der Waals surface area (Å²) in [6.45, 7) is 1.66. The van der Waals surface area contributed by atoms with Crippen LogP contribution in [0.5, 0.6) is 0 Å². The van der Waals surface area contributed by atoms with Crippen molar-refractivity contribution in [3.05, 3.63) is 0 Å². The van der Waals surface area contributed by atoms with Crippen molar-refractivity contribution in [2.24, 2.45) is 11.8 Å². The number of esters is 1. The molecule has 0 aliphatic heterocycles. The van der Waals surface area contributed by atoms with E-state index in [1.54, 1.807) is 13.0 Å². The van der Waals surface area contributed by atoms with Crippen LogP contribution >= 0.6 is 0 Å². The van der Waals surface area contributed by atoms with Crippen LogP contribution in [0.2, 0.25) is 0 Å². The molecule has 0 aromatic carbocycles. The monoisotopic (exact) mass is 166 g/mol. The van der Waals surface area contributed by atoms with Gasteiger partial charge in [0, 0.05) is 5.92 Å². The van der Waals surface area contributed by atoms with E-state index in [0.717, 1.165) is 0 Å². The Morgan fingerprint density at radius 2 is 2.08 bits per heavy atom. The van der Waals surface area contributed by atoms with Crippen LogP contribution in [0.3, 0.4) is 0 Å². The number of ether oxygens (including phenoxy) is 1. The van der Waals surface area contributed by atoms with E-state index in [1.807, 2.05) is 6.07 Å². The van der Waals surface area contributed by atoms with Crippen LogP contribution in [0.15, 0.2) is 0 Å². The molecule has 0 radical (unpaired) electrons. The first-order chi connectivity index (χ1) is 5.65. The first-order valence-electron chi connectivity index (χ1n) is 3.52. The highest BCUT2D eigenvalue weighted by Crippen LogP contribution is 2.11. The lowest BCUT2D eigenvalue weighted by Gasteiger charge is -2.06. The molecule has 4 heteroatoms. The predicted octanol–water partition coefficient (Wildman–Crippen LogP) is 0.849. The lowest BCUT2D eigenvalue weighted by atomic mass is 9.98. The second-order valence-corrected chi connectivity index (χ2v) is 2.47. The van der Waals surface area contributed by atoms with Crippen molar-refractivity contribution in [3.63, 3.8) is 0 Å². The largest absolute Gasteiger partial charge is 0.468 e. The molecular formula is C8H10N2O2. The number of nitriles is 2. The summed E-state index contributed by atoms with van der Waals surface area (Å²) >= 11 is 0. The number of carbonyl (C=O) groups is 1. The van der Waals surface area contributed by atoms with Crippen LogP contribution in [0.1, 0.15) is 13.3 Å². The molecule has 0 amide bonds. The third kappa shape index (κ3) is 3.03. The van der Waals surface area contributed by atoms with Crippen molar-refractivity contribution in [2.45, 2.75) is 13.3 Å². The Balaban J connectivity index is 4.13. The molecule has 0 saturated heterocycles. The molecule has 2 atom stereocenters. The number of methoxy groups -OCH3 is 1. The fourth-order valence-electron chi connectivity index (χ4n) is 0.750. The van der Waals surface area contributed by atoms with Crippen molar-refractivity contribution in [1.29, 1.82) is 10.5 Å². The average molecular weight is 166 g/mol. The molecular weight excluding hydrogens is 156 g/mol. The van der Waals surface area contributed by atoms with E-state index in [0.29, 0.717) is 0 Å². The summed E-state index contributed by atoms with van der Waals surface area (Å²) in [6, 6.07) is 3.74. The van der Waals surface area contributed by atoms with Gasteiger partial charge in [-0.05, 0) is 13.3 Å². The SMILES string of the molecule is COC(=O)C(C#N)CC(C)C#N. The Hall–Kier alpha value is -1.55. The van der Waals surface area contributed by atoms with E-state index in [4.69, 9.17) is 10.5 Å². The van der Waals surface area contributed by atoms with Gasteiger partial charge in [0.05, 0.1) is 19.2 Å². The predicted molar refractivity (Wildman–Crippen MR) is 40.5 cm³/mol. The fraction of sp³-hybridized carbons (Fsp3) is 0.625. The number of hydrogen-bond donors (Lipinski definition) is 0. The van der Waals surface area contributed by atoms with Gasteiger partial charge in [0.1, 0.15) is 5.92 Å². The first-order valence-corrected chi connectivity index (χ1v) is 3.52. The molecule has 0 aliphatic rings. The van der Waals surface area contributed by atoms with Crippen LogP contribution in [-0.2, 0) is 9.53 Å². The highest BCUT2D eigenvalue weighted by molar-refractivity contribution is 5.75. The molecule has 0 aliphatic carbocycles. The van der Waals surface area contributed by atoms with E-state index in [9.17, 15) is 4.79 Å². The van der Waals surface area contributed by atoms with Gasteiger partial charge in [-0.3, -0.25) is 4.79 Å². The summed E-state index contributed by atoms with van der Waals surface area (Å²) in [4.78, 5) is 10.8. The zero-order chi connectivity index (χ0) is 9.56. The maximum absolute atomic E-state index is 10.8. The van der Waals surface area contributed by atoms with Crippen LogP contribution in [0.25, 0.3) is 0 Å². The zero-order valence-corrected chi connectivity index (χ0v) is 7.07. The van der Waals surface area contributed by atoms with Crippen LogP contribution in [-0.4, -0.2) is 13.1 Å². The molecule has 0 N–H and O–H groups in total. The summed E-state index contributed by atoms with van der Waals surface area (Å²) in [6.07, 6.45) is 0.236. The van der Waals surface area contributed by atoms with Gasteiger partial charge in [-0.1, -0.05) is 0 Å². The summed E-state index contributed by atoms with van der Waals surface area (Å²) in [7, 11) is 1.23. The van der Waals surface area contributed by atoms with Gasteiger partial charge >= 0.3 is 5.97 Å². The van der Waals surface area contributed by atoms with Crippen molar-refractivity contribution in [1.82, 2.24) is 0 Å². The molecule has 0 fully saturated rings. The Kier molecular flexibility index (Phi) is 4.48. The minimum Gasteiger partial charge on any atom is -0.468 e. The maximum atomic E-state index is 10.8. The zero-order valence-electron chi connectivity index (χ0n) is 7.07. The second kappa shape index (κ2) is 5.15. The first kappa shape index (κ1) is 10.4. The molecule has 0 aromatic heterocycles. The molecule has 0 spiro atoms. The Bertz CT molecular complexity index is 236. The summed E-state index contributed by atoms with van der Waals surface area (Å²) in [5.74, 6) is -1.68. The standard InChI is InChI=1S/C8H10N2O2/c1-6(4-9)3-7(5-10)8(11)12-2/h6-7H,3H2,1-2H3. The van der Waals surface area contributed by atoms with E-state index in [1.165, 1.54) is 7.11 Å². The van der Waals surface area contributed by atoms with E-state index in [2.05, 4.69) is 4.74 Å². The maximum Gasteiger partial charge on any atom is 0.323 e. The van der Waals surface area contributed by atoms with E-state index < -0.39 is 11.9 Å². The fourth-order valence-corrected chi connectivity index (χ4v) is 0.750. The van der Waals surface area contributed by atoms with Crippen LogP contribution in [0.4, 0.5) is 0 Å². The van der Waals surface area contributed by atoms with Crippen LogP contribution < -0.4 is 0 Å². The summed E-state index contributed by atoms with van der Waals surface area (Å²) in [5, 5.41) is 16.9. The number of rotatable bonds is 3. The van der Waals surface area contributed by atoms with Crippen molar-refractivity contribution < 1.29 is 9.53 Å². The number of carbonyl (C=O) groups excluding carboxylic acids is 1. The second-order valence-electron chi connectivity index (χ2n) is 2.47. The van der Waals surface area contributed by atoms with Gasteiger partial charge in [-0.15, -0.1) is 0 Å². The molecule has 4 nitrogen and oxygen atoms in total. The van der Waals surface area contributed by atoms with Gasteiger partial charge in [-0.2, -0.15) is 10.5 Å². The average Bonchev–Trinajstić information content (AvgIpc) is 2.12. The molecule has 64 valence electrons. The molecule has 12 heavy (non-hydrogen) atoms. The third-order valence-electron chi connectivity index (χ3n) is 1.45. The molecule has 0 bridgehead atoms. The number of nitrogens with zero attached hydrogens (tertiary/aromatic N) is 2. The van der Waals surface area contributed by atoms with Crippen molar-refractivity contribution in [3.8, 4) is 12.1 Å². The highest BCUT2D eigenvalue weighted by atomic mass is 16.5. The normalized spacial score (nSPS) is 13.7. The molecule has 0 heterocycles. The Morgan fingerprint density at radius 1 is 1.50 bits per heavy atom. The van der Waals surface area contributed by atoms with Gasteiger partial charge in [0.25, 0.3) is 0 Å². The minimum absolute atomic E-state index is 0.236. The van der Waals surface area contributed by atoms with Crippen molar-refractivity contribution in [2.75, 3.05) is 7.11 Å². The third-order valence-corrected chi connectivity index (χ3v) is 1.45. The lowest BCUT2D eigenvalue weighted by Crippen LogP contribution is -2.16. The molecule has 0 aromatic rings. The summed E-state index contributed by atoms with van der Waals surface area (Å²) in [5.41, 5.74) is 0. The number of hydrogen-bond acceptors (Lipinski definition) is 4. The molecule has 2 unspecified atom stereocenters. The Labute approximate surface area is 71.4 Å².